The Kier molecular flexibility index (Phi) is 5.48. The zero-order chi connectivity index (χ0) is 21.5. The van der Waals surface area contributed by atoms with Crippen LogP contribution in [0.5, 0.6) is 5.75 Å². The lowest BCUT2D eigenvalue weighted by molar-refractivity contribution is -0.140. The lowest BCUT2D eigenvalue weighted by Gasteiger charge is -2.42. The van der Waals surface area contributed by atoms with Crippen molar-refractivity contribution in [3.05, 3.63) is 29.6 Å². The molecule has 0 saturated carbocycles. The van der Waals surface area contributed by atoms with Crippen molar-refractivity contribution in [2.45, 2.75) is 37.3 Å². The van der Waals surface area contributed by atoms with E-state index in [0.717, 1.165) is 6.07 Å². The minimum absolute atomic E-state index is 0.0202. The van der Waals surface area contributed by atoms with E-state index in [-0.39, 0.29) is 37.2 Å². The van der Waals surface area contributed by atoms with Crippen molar-refractivity contribution < 1.29 is 36.6 Å². The van der Waals surface area contributed by atoms with Crippen LogP contribution in [0.25, 0.3) is 0 Å². The summed E-state index contributed by atoms with van der Waals surface area (Å²) in [6.07, 6.45) is -4.36. The first-order valence-electron chi connectivity index (χ1n) is 9.69. The van der Waals surface area contributed by atoms with Crippen LogP contribution in [0.15, 0.2) is 18.2 Å². The molecule has 0 radical (unpaired) electrons. The molecule has 1 N–H and O–H groups in total. The van der Waals surface area contributed by atoms with Crippen LogP contribution in [-0.2, 0) is 15.7 Å². The van der Waals surface area contributed by atoms with Crippen LogP contribution in [0.2, 0.25) is 0 Å². The zero-order valence-corrected chi connectivity index (χ0v) is 16.0. The van der Waals surface area contributed by atoms with Gasteiger partial charge in [-0.25, -0.2) is 9.18 Å². The van der Waals surface area contributed by atoms with E-state index in [0.29, 0.717) is 44.6 Å². The second kappa shape index (κ2) is 7.93. The number of ether oxygens (including phenoxy) is 2. The maximum atomic E-state index is 13.9. The summed E-state index contributed by atoms with van der Waals surface area (Å²) in [6, 6.07) is 1.50. The maximum absolute atomic E-state index is 13.9. The molecular formula is C19H21F4N3O4. The Morgan fingerprint density at radius 1 is 1.17 bits per heavy atom. The number of fused-ring (bicyclic) bond motifs is 1. The van der Waals surface area contributed by atoms with E-state index in [1.54, 1.807) is 4.90 Å². The Morgan fingerprint density at radius 2 is 1.90 bits per heavy atom. The average molecular weight is 431 g/mol. The van der Waals surface area contributed by atoms with Crippen molar-refractivity contribution in [3.8, 4) is 5.75 Å². The third kappa shape index (κ3) is 4.30. The highest BCUT2D eigenvalue weighted by atomic mass is 19.4. The van der Waals surface area contributed by atoms with Gasteiger partial charge in [0.2, 0.25) is 5.91 Å². The monoisotopic (exact) mass is 431 g/mol. The predicted molar refractivity (Wildman–Crippen MR) is 95.3 cm³/mol. The summed E-state index contributed by atoms with van der Waals surface area (Å²) in [5, 5.41) is 2.82. The van der Waals surface area contributed by atoms with Gasteiger partial charge in [0.1, 0.15) is 12.7 Å². The van der Waals surface area contributed by atoms with Gasteiger partial charge in [0.05, 0.1) is 24.3 Å². The smallest absolute Gasteiger partial charge is 0.416 e. The van der Waals surface area contributed by atoms with Crippen LogP contribution in [0.4, 0.5) is 22.4 Å². The Hall–Kier alpha value is -2.56. The lowest BCUT2D eigenvalue weighted by Crippen LogP contribution is -2.62. The molecule has 1 aromatic rings. The molecule has 3 aliphatic rings. The number of carbonyl (C=O) groups excluding carboxylic acids is 2. The molecule has 3 fully saturated rings. The molecule has 3 amide bonds. The molecule has 0 spiro atoms. The molecule has 0 aromatic heterocycles. The minimum atomic E-state index is -4.60. The number of nitrogens with zero attached hydrogens (tertiary/aromatic N) is 2. The van der Waals surface area contributed by atoms with Gasteiger partial charge in [0.15, 0.2) is 11.6 Å². The van der Waals surface area contributed by atoms with Gasteiger partial charge in [-0.05, 0) is 24.6 Å². The Bertz CT molecular complexity index is 834. The Morgan fingerprint density at radius 3 is 2.67 bits per heavy atom. The van der Waals surface area contributed by atoms with E-state index >= 15 is 0 Å². The number of nitrogens with one attached hydrogen (secondary N) is 1. The molecular weight excluding hydrogens is 410 g/mol. The summed E-state index contributed by atoms with van der Waals surface area (Å²) >= 11 is 0. The summed E-state index contributed by atoms with van der Waals surface area (Å²) in [6.45, 7) is 1.30. The van der Waals surface area contributed by atoms with E-state index in [1.165, 1.54) is 4.90 Å². The van der Waals surface area contributed by atoms with Gasteiger partial charge >= 0.3 is 12.2 Å². The third-order valence-electron chi connectivity index (χ3n) is 5.56. The fraction of sp³-hybridized carbons (Fsp3) is 0.579. The van der Waals surface area contributed by atoms with Crippen LogP contribution in [-0.4, -0.2) is 72.8 Å². The summed E-state index contributed by atoms with van der Waals surface area (Å²) in [4.78, 5) is 27.5. The molecule has 4 rings (SSSR count). The number of halogens is 4. The molecule has 164 valence electrons. The highest BCUT2D eigenvalue weighted by Gasteiger charge is 2.39. The van der Waals surface area contributed by atoms with Gasteiger partial charge < -0.3 is 24.6 Å². The number of hydrogen-bond donors (Lipinski definition) is 1. The number of carbonyl (C=O) groups is 2. The highest BCUT2D eigenvalue weighted by Crippen LogP contribution is 2.33. The van der Waals surface area contributed by atoms with Crippen molar-refractivity contribution in [2.75, 3.05) is 32.8 Å². The van der Waals surface area contributed by atoms with Gasteiger partial charge in [-0.15, -0.1) is 0 Å². The predicted octanol–water partition coefficient (Wildman–Crippen LogP) is 2.01. The quantitative estimate of drug-likeness (QED) is 0.728. The number of piperidine rings is 1. The largest absolute Gasteiger partial charge is 0.485 e. The van der Waals surface area contributed by atoms with Crippen molar-refractivity contribution in [1.29, 1.82) is 0 Å². The number of alkyl halides is 3. The van der Waals surface area contributed by atoms with Crippen LogP contribution in [0.3, 0.4) is 0 Å². The molecule has 3 heterocycles. The second-order valence-electron chi connectivity index (χ2n) is 7.66. The first-order valence-corrected chi connectivity index (χ1v) is 9.69. The van der Waals surface area contributed by atoms with E-state index in [1.807, 2.05) is 0 Å². The molecule has 7 nitrogen and oxygen atoms in total. The number of amides is 3. The van der Waals surface area contributed by atoms with E-state index in [9.17, 15) is 27.2 Å². The highest BCUT2D eigenvalue weighted by molar-refractivity contribution is 5.79. The van der Waals surface area contributed by atoms with Crippen molar-refractivity contribution in [3.63, 3.8) is 0 Å². The summed E-state index contributed by atoms with van der Waals surface area (Å²) in [7, 11) is 0. The fourth-order valence-electron chi connectivity index (χ4n) is 4.02. The lowest BCUT2D eigenvalue weighted by atomic mass is 10.0. The van der Waals surface area contributed by atoms with Gasteiger partial charge in [-0.3, -0.25) is 4.79 Å². The third-order valence-corrected chi connectivity index (χ3v) is 5.56. The Balaban J connectivity index is 1.36. The summed E-state index contributed by atoms with van der Waals surface area (Å²) in [5.41, 5.74) is -0.996. The molecule has 11 heteroatoms. The molecule has 0 aliphatic carbocycles. The topological polar surface area (TPSA) is 71.1 Å². The van der Waals surface area contributed by atoms with Crippen LogP contribution in [0.1, 0.15) is 18.4 Å². The number of urea groups is 1. The van der Waals surface area contributed by atoms with Gasteiger partial charge in [0, 0.05) is 26.1 Å². The molecule has 0 bridgehead atoms. The molecule has 3 saturated heterocycles. The SMILES string of the molecule is O=C1CO[C@H]2CCN(C(=O)N3CCC(Oc4cc(C(F)(F)F)ccc4F)C3)C[C@H]2N1. The first kappa shape index (κ1) is 20.7. The number of rotatable bonds is 2. The van der Waals surface area contributed by atoms with Crippen molar-refractivity contribution in [1.82, 2.24) is 15.1 Å². The molecule has 1 unspecified atom stereocenters. The van der Waals surface area contributed by atoms with E-state index in [2.05, 4.69) is 5.32 Å². The van der Waals surface area contributed by atoms with Crippen molar-refractivity contribution in [2.24, 2.45) is 0 Å². The van der Waals surface area contributed by atoms with Crippen molar-refractivity contribution >= 4 is 11.9 Å². The molecule has 3 aliphatic heterocycles. The van der Waals surface area contributed by atoms with Crippen LogP contribution < -0.4 is 10.1 Å². The molecule has 3 atom stereocenters. The van der Waals surface area contributed by atoms with E-state index in [4.69, 9.17) is 9.47 Å². The number of morpholine rings is 1. The first-order chi connectivity index (χ1) is 14.2. The normalized spacial score (nSPS) is 26.9. The van der Waals surface area contributed by atoms with Crippen LogP contribution >= 0.6 is 0 Å². The second-order valence-corrected chi connectivity index (χ2v) is 7.66. The minimum Gasteiger partial charge on any atom is -0.485 e. The summed E-state index contributed by atoms with van der Waals surface area (Å²) in [5.74, 6) is -1.59. The summed E-state index contributed by atoms with van der Waals surface area (Å²) < 4.78 is 63.4. The zero-order valence-electron chi connectivity index (χ0n) is 16.0. The number of hydrogen-bond acceptors (Lipinski definition) is 4. The average Bonchev–Trinajstić information content (AvgIpc) is 3.16. The molecule has 30 heavy (non-hydrogen) atoms. The van der Waals surface area contributed by atoms with Gasteiger partial charge in [-0.1, -0.05) is 0 Å². The van der Waals surface area contributed by atoms with E-state index < -0.39 is 29.4 Å². The van der Waals surface area contributed by atoms with Gasteiger partial charge in [0.25, 0.3) is 0 Å². The van der Waals surface area contributed by atoms with Gasteiger partial charge in [-0.2, -0.15) is 13.2 Å². The molecule has 1 aromatic carbocycles. The number of likely N-dealkylation sites (tertiary alicyclic amines) is 2. The number of benzene rings is 1. The van der Waals surface area contributed by atoms with Crippen LogP contribution in [0, 0.1) is 5.82 Å². The fourth-order valence-corrected chi connectivity index (χ4v) is 4.02. The Labute approximate surface area is 169 Å². The maximum Gasteiger partial charge on any atom is 0.416 e. The standard InChI is InChI=1S/C19H21F4N3O4/c20-13-2-1-11(19(21,22)23)7-16(13)30-12-3-5-25(8-12)18(28)26-6-4-15-14(9-26)24-17(27)10-29-15/h1-2,7,12,14-15H,3-6,8-10H2,(H,24,27)/t12?,14-,15+/m1/s1.